The smallest absolute Gasteiger partial charge is 0.357 e. The van der Waals surface area contributed by atoms with Crippen molar-refractivity contribution in [3.8, 4) is 0 Å². The molecule has 5 nitrogen and oxygen atoms in total. The molecule has 0 bridgehead atoms. The molecule has 0 unspecified atom stereocenters. The van der Waals surface area contributed by atoms with E-state index in [0.29, 0.717) is 10.9 Å². The van der Waals surface area contributed by atoms with Gasteiger partial charge in [0.25, 0.3) is 6.01 Å². The van der Waals surface area contributed by atoms with Crippen LogP contribution in [0.1, 0.15) is 15.4 Å². The number of aromatic nitrogens is 1. The van der Waals surface area contributed by atoms with Crippen molar-refractivity contribution >= 4 is 34.9 Å². The van der Waals surface area contributed by atoms with Crippen molar-refractivity contribution in [1.82, 2.24) is 4.98 Å². The maximum atomic E-state index is 10.6. The predicted molar refractivity (Wildman–Crippen MR) is 64.9 cm³/mol. The Bertz CT molecular complexity index is 537. The topological polar surface area (TPSA) is 66.6 Å². The van der Waals surface area contributed by atoms with Gasteiger partial charge in [0.15, 0.2) is 5.69 Å². The molecule has 90 valence electrons. The summed E-state index contributed by atoms with van der Waals surface area (Å²) in [6.45, 7) is 0.566. The van der Waals surface area contributed by atoms with Crippen LogP contribution in [0.2, 0.25) is 4.34 Å². The normalized spacial score (nSPS) is 10.5. The van der Waals surface area contributed by atoms with Crippen LogP contribution in [0.25, 0.3) is 0 Å². The van der Waals surface area contributed by atoms with Gasteiger partial charge in [-0.3, -0.25) is 0 Å². The van der Waals surface area contributed by atoms with E-state index in [4.69, 9.17) is 21.1 Å². The summed E-state index contributed by atoms with van der Waals surface area (Å²) < 4.78 is 5.79. The molecule has 2 heterocycles. The summed E-state index contributed by atoms with van der Waals surface area (Å²) in [5, 5.41) is 8.72. The Kier molecular flexibility index (Phi) is 3.35. The number of anilines is 1. The van der Waals surface area contributed by atoms with Gasteiger partial charge >= 0.3 is 5.97 Å². The van der Waals surface area contributed by atoms with E-state index in [9.17, 15) is 4.79 Å². The van der Waals surface area contributed by atoms with Crippen molar-refractivity contribution in [3.05, 3.63) is 33.3 Å². The molecule has 17 heavy (non-hydrogen) atoms. The van der Waals surface area contributed by atoms with Gasteiger partial charge in [0.2, 0.25) is 0 Å². The lowest BCUT2D eigenvalue weighted by Crippen LogP contribution is -2.16. The van der Waals surface area contributed by atoms with Gasteiger partial charge in [-0.2, -0.15) is 4.98 Å². The number of carboxylic acids is 1. The number of thiophene rings is 1. The fourth-order valence-corrected chi connectivity index (χ4v) is 2.42. The molecule has 0 aliphatic rings. The lowest BCUT2D eigenvalue weighted by molar-refractivity contribution is 0.0690. The highest BCUT2D eigenvalue weighted by Gasteiger charge is 2.14. The summed E-state index contributed by atoms with van der Waals surface area (Å²) in [5.74, 6) is -1.10. The van der Waals surface area contributed by atoms with Gasteiger partial charge in [0.1, 0.15) is 6.26 Å². The Morgan fingerprint density at radius 2 is 2.41 bits per heavy atom. The molecule has 2 rings (SSSR count). The molecule has 0 saturated heterocycles. The number of carbonyl (C=O) groups is 1. The lowest BCUT2D eigenvalue weighted by atomic mass is 10.4. The molecule has 0 amide bonds. The molecule has 0 fully saturated rings. The maximum absolute atomic E-state index is 10.6. The van der Waals surface area contributed by atoms with Gasteiger partial charge in [-0.05, 0) is 12.1 Å². The molecular weight excluding hydrogens is 264 g/mol. The van der Waals surface area contributed by atoms with E-state index in [1.807, 2.05) is 12.1 Å². The highest BCUT2D eigenvalue weighted by Crippen LogP contribution is 2.24. The van der Waals surface area contributed by atoms with Crippen molar-refractivity contribution in [2.75, 3.05) is 11.9 Å². The zero-order valence-electron chi connectivity index (χ0n) is 8.88. The van der Waals surface area contributed by atoms with E-state index in [1.165, 1.54) is 11.3 Å². The zero-order chi connectivity index (χ0) is 12.4. The molecule has 1 N–H and O–H groups in total. The van der Waals surface area contributed by atoms with E-state index in [1.54, 1.807) is 11.9 Å². The van der Waals surface area contributed by atoms with Crippen LogP contribution in [-0.2, 0) is 6.54 Å². The molecule has 0 radical (unpaired) electrons. The van der Waals surface area contributed by atoms with Crippen molar-refractivity contribution in [1.29, 1.82) is 0 Å². The molecular formula is C10H9ClN2O3S. The minimum atomic E-state index is -1.10. The first-order valence-electron chi connectivity index (χ1n) is 4.70. The van der Waals surface area contributed by atoms with Crippen LogP contribution < -0.4 is 4.90 Å². The number of hydrogen-bond acceptors (Lipinski definition) is 5. The summed E-state index contributed by atoms with van der Waals surface area (Å²) in [6.07, 6.45) is 1.12. The Hall–Kier alpha value is -1.53. The van der Waals surface area contributed by atoms with Gasteiger partial charge < -0.3 is 14.4 Å². The average molecular weight is 273 g/mol. The summed E-state index contributed by atoms with van der Waals surface area (Å²) in [7, 11) is 1.77. The summed E-state index contributed by atoms with van der Waals surface area (Å²) >= 11 is 7.28. The summed E-state index contributed by atoms with van der Waals surface area (Å²) in [4.78, 5) is 17.3. The van der Waals surface area contributed by atoms with Crippen LogP contribution in [0.3, 0.4) is 0 Å². The molecule has 0 spiro atoms. The quantitative estimate of drug-likeness (QED) is 0.927. The third-order valence-corrected chi connectivity index (χ3v) is 3.28. The second-order valence-corrected chi connectivity index (χ2v) is 5.18. The molecule has 0 saturated carbocycles. The van der Waals surface area contributed by atoms with E-state index in [-0.39, 0.29) is 11.7 Å². The van der Waals surface area contributed by atoms with Crippen molar-refractivity contribution in [2.24, 2.45) is 0 Å². The number of rotatable bonds is 4. The number of aromatic carboxylic acids is 1. The zero-order valence-corrected chi connectivity index (χ0v) is 10.5. The van der Waals surface area contributed by atoms with Crippen molar-refractivity contribution in [3.63, 3.8) is 0 Å². The van der Waals surface area contributed by atoms with Crippen LogP contribution in [-0.4, -0.2) is 23.1 Å². The fourth-order valence-electron chi connectivity index (χ4n) is 1.28. The van der Waals surface area contributed by atoms with E-state index in [0.717, 1.165) is 11.1 Å². The van der Waals surface area contributed by atoms with Crippen LogP contribution in [0, 0.1) is 0 Å². The van der Waals surface area contributed by atoms with Crippen LogP contribution in [0.5, 0.6) is 0 Å². The number of carboxylic acid groups (broad SMARTS) is 1. The number of hydrogen-bond donors (Lipinski definition) is 1. The van der Waals surface area contributed by atoms with Crippen molar-refractivity contribution < 1.29 is 14.3 Å². The van der Waals surface area contributed by atoms with E-state index >= 15 is 0 Å². The standard InChI is InChI=1S/C10H9ClN2O3S/c1-13(4-6-2-3-8(11)17-6)10-12-7(5-16-10)9(14)15/h2-3,5H,4H2,1H3,(H,14,15). The first kappa shape index (κ1) is 11.9. The number of halogens is 1. The summed E-state index contributed by atoms with van der Waals surface area (Å²) in [6, 6.07) is 3.99. The first-order chi connectivity index (χ1) is 8.06. The minimum Gasteiger partial charge on any atom is -0.476 e. The average Bonchev–Trinajstić information content (AvgIpc) is 2.86. The molecule has 7 heteroatoms. The lowest BCUT2D eigenvalue weighted by Gasteiger charge is -2.12. The van der Waals surface area contributed by atoms with Crippen molar-refractivity contribution in [2.45, 2.75) is 6.54 Å². The van der Waals surface area contributed by atoms with Gasteiger partial charge in [-0.25, -0.2) is 4.79 Å². The molecule has 0 aromatic carbocycles. The second kappa shape index (κ2) is 4.77. The number of nitrogens with zero attached hydrogens (tertiary/aromatic N) is 2. The second-order valence-electron chi connectivity index (χ2n) is 3.38. The molecule has 2 aromatic heterocycles. The fraction of sp³-hybridized carbons (Fsp3) is 0.200. The predicted octanol–water partition coefficient (Wildman–Crippen LogP) is 2.72. The van der Waals surface area contributed by atoms with Gasteiger partial charge in [-0.15, -0.1) is 11.3 Å². The van der Waals surface area contributed by atoms with Crippen LogP contribution >= 0.6 is 22.9 Å². The largest absolute Gasteiger partial charge is 0.476 e. The third kappa shape index (κ3) is 2.78. The third-order valence-electron chi connectivity index (χ3n) is 2.06. The SMILES string of the molecule is CN(Cc1ccc(Cl)s1)c1nc(C(=O)O)co1. The van der Waals surface area contributed by atoms with E-state index in [2.05, 4.69) is 4.98 Å². The highest BCUT2D eigenvalue weighted by molar-refractivity contribution is 7.16. The molecule has 0 aliphatic heterocycles. The van der Waals surface area contributed by atoms with Gasteiger partial charge in [0.05, 0.1) is 10.9 Å². The Morgan fingerprint density at radius 3 is 2.94 bits per heavy atom. The highest BCUT2D eigenvalue weighted by atomic mass is 35.5. The van der Waals surface area contributed by atoms with Crippen LogP contribution in [0.15, 0.2) is 22.8 Å². The molecule has 2 aromatic rings. The van der Waals surface area contributed by atoms with E-state index < -0.39 is 5.97 Å². The van der Waals surface area contributed by atoms with Gasteiger partial charge in [-0.1, -0.05) is 11.6 Å². The number of oxazole rings is 1. The maximum Gasteiger partial charge on any atom is 0.357 e. The van der Waals surface area contributed by atoms with Gasteiger partial charge in [0, 0.05) is 11.9 Å². The Labute approximate surface area is 106 Å². The monoisotopic (exact) mass is 272 g/mol. The molecule has 0 atom stereocenters. The van der Waals surface area contributed by atoms with Crippen LogP contribution in [0.4, 0.5) is 6.01 Å². The first-order valence-corrected chi connectivity index (χ1v) is 5.90. The summed E-state index contributed by atoms with van der Waals surface area (Å²) in [5.41, 5.74) is -0.101. The minimum absolute atomic E-state index is 0.101. The Morgan fingerprint density at radius 1 is 1.65 bits per heavy atom. The molecule has 0 aliphatic carbocycles. The Balaban J connectivity index is 2.08.